The van der Waals surface area contributed by atoms with E-state index >= 15 is 0 Å². The largest absolute Gasteiger partial charge is 0.489 e. The highest BCUT2D eigenvalue weighted by Crippen LogP contribution is 2.22. The lowest BCUT2D eigenvalue weighted by Gasteiger charge is -2.11. The second-order valence-corrected chi connectivity index (χ2v) is 8.30. The standard InChI is InChI=1S/C28H22N4O2S/c33-27(21-12-16-23(17-13-21)34-18-19-6-2-1-3-7-19)32-28(35)29-22-14-10-20(11-15-22)26-30-24-8-4-5-9-25(24)31-26/h1-17H,18H2,(H,30,31)(H2,29,32,33,35). The third-order valence-electron chi connectivity index (χ3n) is 5.40. The number of anilines is 1. The van der Waals surface area contributed by atoms with Crippen LogP contribution in [0, 0.1) is 0 Å². The van der Waals surface area contributed by atoms with E-state index in [4.69, 9.17) is 17.0 Å². The Labute approximate surface area is 208 Å². The average Bonchev–Trinajstić information content (AvgIpc) is 3.33. The predicted octanol–water partition coefficient (Wildman–Crippen LogP) is 5.94. The minimum Gasteiger partial charge on any atom is -0.489 e. The van der Waals surface area contributed by atoms with Crippen molar-refractivity contribution in [1.29, 1.82) is 0 Å². The number of amides is 1. The Morgan fingerprint density at radius 1 is 0.857 bits per heavy atom. The SMILES string of the molecule is O=C(NC(=S)Nc1ccc(-c2nc3ccccc3[nH]2)cc1)c1ccc(OCc2ccccc2)cc1. The van der Waals surface area contributed by atoms with Gasteiger partial charge in [-0.05, 0) is 78.4 Å². The molecule has 0 aliphatic rings. The van der Waals surface area contributed by atoms with E-state index in [1.54, 1.807) is 24.3 Å². The smallest absolute Gasteiger partial charge is 0.257 e. The summed E-state index contributed by atoms with van der Waals surface area (Å²) in [5, 5.41) is 5.97. The number of rotatable bonds is 6. The zero-order valence-corrected chi connectivity index (χ0v) is 19.5. The second kappa shape index (κ2) is 10.2. The van der Waals surface area contributed by atoms with Gasteiger partial charge in [-0.2, -0.15) is 0 Å². The van der Waals surface area contributed by atoms with E-state index in [0.29, 0.717) is 17.9 Å². The molecule has 0 saturated carbocycles. The quantitative estimate of drug-likeness (QED) is 0.263. The minimum absolute atomic E-state index is 0.218. The number of aromatic nitrogens is 2. The Morgan fingerprint density at radius 3 is 2.31 bits per heavy atom. The number of benzene rings is 4. The van der Waals surface area contributed by atoms with Gasteiger partial charge in [-0.1, -0.05) is 42.5 Å². The summed E-state index contributed by atoms with van der Waals surface area (Å²) < 4.78 is 5.77. The maximum absolute atomic E-state index is 12.6. The Balaban J connectivity index is 1.15. The Morgan fingerprint density at radius 2 is 1.57 bits per heavy atom. The van der Waals surface area contributed by atoms with Crippen molar-refractivity contribution in [3.05, 3.63) is 114 Å². The first kappa shape index (κ1) is 22.3. The molecule has 6 nitrogen and oxygen atoms in total. The predicted molar refractivity (Wildman–Crippen MR) is 142 cm³/mol. The number of ether oxygens (including phenoxy) is 1. The van der Waals surface area contributed by atoms with Gasteiger partial charge in [-0.25, -0.2) is 4.98 Å². The number of thiocarbonyl (C=S) groups is 1. The molecule has 5 aromatic rings. The van der Waals surface area contributed by atoms with Crippen LogP contribution in [0.3, 0.4) is 0 Å². The molecule has 1 heterocycles. The number of aromatic amines is 1. The summed E-state index contributed by atoms with van der Waals surface area (Å²) in [7, 11) is 0. The van der Waals surface area contributed by atoms with Crippen LogP contribution in [0.15, 0.2) is 103 Å². The summed E-state index contributed by atoms with van der Waals surface area (Å²) in [6.45, 7) is 0.468. The van der Waals surface area contributed by atoms with Crippen molar-refractivity contribution in [3.8, 4) is 17.1 Å². The molecule has 0 unspecified atom stereocenters. The molecule has 0 aliphatic carbocycles. The van der Waals surface area contributed by atoms with E-state index in [1.165, 1.54) is 0 Å². The van der Waals surface area contributed by atoms with Crippen LogP contribution < -0.4 is 15.4 Å². The van der Waals surface area contributed by atoms with Gasteiger partial charge in [-0.3, -0.25) is 10.1 Å². The fraction of sp³-hybridized carbons (Fsp3) is 0.0357. The number of nitrogens with one attached hydrogen (secondary N) is 3. The summed E-state index contributed by atoms with van der Waals surface area (Å²) in [4.78, 5) is 20.5. The van der Waals surface area contributed by atoms with Crippen LogP contribution in [-0.2, 0) is 6.61 Å². The first-order chi connectivity index (χ1) is 17.1. The van der Waals surface area contributed by atoms with E-state index < -0.39 is 0 Å². The molecule has 0 atom stereocenters. The summed E-state index contributed by atoms with van der Waals surface area (Å²) in [6, 6.07) is 32.4. The van der Waals surface area contributed by atoms with Gasteiger partial charge < -0.3 is 15.0 Å². The number of para-hydroxylation sites is 2. The number of imidazole rings is 1. The van der Waals surface area contributed by atoms with Crippen molar-refractivity contribution in [3.63, 3.8) is 0 Å². The number of H-pyrrole nitrogens is 1. The molecule has 3 N–H and O–H groups in total. The monoisotopic (exact) mass is 478 g/mol. The van der Waals surface area contributed by atoms with Crippen molar-refractivity contribution in [2.75, 3.05) is 5.32 Å². The molecule has 0 fully saturated rings. The molecule has 4 aromatic carbocycles. The first-order valence-corrected chi connectivity index (χ1v) is 11.5. The fourth-order valence-corrected chi connectivity index (χ4v) is 3.79. The number of hydrogen-bond donors (Lipinski definition) is 3. The number of hydrogen-bond acceptors (Lipinski definition) is 4. The lowest BCUT2D eigenvalue weighted by molar-refractivity contribution is 0.0977. The number of fused-ring (bicyclic) bond motifs is 1. The second-order valence-electron chi connectivity index (χ2n) is 7.89. The van der Waals surface area contributed by atoms with Gasteiger partial charge >= 0.3 is 0 Å². The van der Waals surface area contributed by atoms with Crippen LogP contribution in [0.4, 0.5) is 5.69 Å². The summed E-state index contributed by atoms with van der Waals surface area (Å²) in [5.41, 5.74) is 5.20. The van der Waals surface area contributed by atoms with Crippen molar-refractivity contribution in [1.82, 2.24) is 15.3 Å². The van der Waals surface area contributed by atoms with E-state index in [1.807, 2.05) is 78.9 Å². The summed E-state index contributed by atoms with van der Waals surface area (Å²) >= 11 is 5.32. The van der Waals surface area contributed by atoms with Crippen LogP contribution in [0.5, 0.6) is 5.75 Å². The molecule has 7 heteroatoms. The van der Waals surface area contributed by atoms with Crippen molar-refractivity contribution < 1.29 is 9.53 Å². The Bertz CT molecular complexity index is 1430. The van der Waals surface area contributed by atoms with Crippen molar-refractivity contribution in [2.24, 2.45) is 0 Å². The molecule has 172 valence electrons. The lowest BCUT2D eigenvalue weighted by atomic mass is 10.2. The molecule has 5 rings (SSSR count). The van der Waals surface area contributed by atoms with Gasteiger partial charge in [-0.15, -0.1) is 0 Å². The molecule has 0 radical (unpaired) electrons. The fourth-order valence-electron chi connectivity index (χ4n) is 3.58. The maximum atomic E-state index is 12.6. The Kier molecular flexibility index (Phi) is 6.50. The number of carbonyl (C=O) groups excluding carboxylic acids is 1. The third kappa shape index (κ3) is 5.54. The topological polar surface area (TPSA) is 79.0 Å². The molecular formula is C28H22N4O2S. The third-order valence-corrected chi connectivity index (χ3v) is 5.60. The molecule has 0 aliphatic heterocycles. The van der Waals surface area contributed by atoms with Crippen LogP contribution in [0.25, 0.3) is 22.4 Å². The van der Waals surface area contributed by atoms with Gasteiger partial charge in [0.05, 0.1) is 11.0 Å². The zero-order valence-electron chi connectivity index (χ0n) is 18.7. The summed E-state index contributed by atoms with van der Waals surface area (Å²) in [6.07, 6.45) is 0. The van der Waals surface area contributed by atoms with E-state index in [2.05, 4.69) is 20.6 Å². The highest BCUT2D eigenvalue weighted by Gasteiger charge is 2.09. The van der Waals surface area contributed by atoms with Gasteiger partial charge in [0, 0.05) is 16.8 Å². The zero-order chi connectivity index (χ0) is 24.0. The minimum atomic E-state index is -0.295. The molecular weight excluding hydrogens is 456 g/mol. The highest BCUT2D eigenvalue weighted by molar-refractivity contribution is 7.80. The van der Waals surface area contributed by atoms with Crippen molar-refractivity contribution >= 4 is 40.0 Å². The average molecular weight is 479 g/mol. The number of nitrogens with zero attached hydrogens (tertiary/aromatic N) is 1. The maximum Gasteiger partial charge on any atom is 0.257 e. The highest BCUT2D eigenvalue weighted by atomic mass is 32.1. The van der Waals surface area contributed by atoms with Crippen LogP contribution in [0.1, 0.15) is 15.9 Å². The van der Waals surface area contributed by atoms with Crippen LogP contribution in [-0.4, -0.2) is 21.0 Å². The molecule has 1 aromatic heterocycles. The van der Waals surface area contributed by atoms with Gasteiger partial charge in [0.2, 0.25) is 0 Å². The van der Waals surface area contributed by atoms with Crippen LogP contribution in [0.2, 0.25) is 0 Å². The van der Waals surface area contributed by atoms with Crippen molar-refractivity contribution in [2.45, 2.75) is 6.61 Å². The number of carbonyl (C=O) groups is 1. The molecule has 35 heavy (non-hydrogen) atoms. The molecule has 0 saturated heterocycles. The van der Waals surface area contributed by atoms with E-state index in [9.17, 15) is 4.79 Å². The van der Waals surface area contributed by atoms with E-state index in [-0.39, 0.29) is 11.0 Å². The first-order valence-electron chi connectivity index (χ1n) is 11.1. The Hall–Kier alpha value is -4.49. The van der Waals surface area contributed by atoms with Gasteiger partial charge in [0.15, 0.2) is 5.11 Å². The van der Waals surface area contributed by atoms with Gasteiger partial charge in [0.1, 0.15) is 18.2 Å². The molecule has 0 spiro atoms. The van der Waals surface area contributed by atoms with Crippen LogP contribution >= 0.6 is 12.2 Å². The molecule has 1 amide bonds. The van der Waals surface area contributed by atoms with E-state index in [0.717, 1.165) is 33.7 Å². The normalized spacial score (nSPS) is 10.6. The summed E-state index contributed by atoms with van der Waals surface area (Å²) in [5.74, 6) is 1.19. The molecule has 0 bridgehead atoms. The van der Waals surface area contributed by atoms with Gasteiger partial charge in [0.25, 0.3) is 5.91 Å². The lowest BCUT2D eigenvalue weighted by Crippen LogP contribution is -2.34.